The summed E-state index contributed by atoms with van der Waals surface area (Å²) >= 11 is 0. The van der Waals surface area contributed by atoms with Crippen LogP contribution in [0.3, 0.4) is 0 Å². The predicted molar refractivity (Wildman–Crippen MR) is 85.4 cm³/mol. The van der Waals surface area contributed by atoms with Crippen molar-refractivity contribution in [3.63, 3.8) is 0 Å². The fourth-order valence-corrected chi connectivity index (χ4v) is 2.22. The molecule has 0 bridgehead atoms. The van der Waals surface area contributed by atoms with Gasteiger partial charge in [0.2, 0.25) is 5.89 Å². The van der Waals surface area contributed by atoms with Crippen molar-refractivity contribution in [3.8, 4) is 5.75 Å². The highest BCUT2D eigenvalue weighted by atomic mass is 16.5. The summed E-state index contributed by atoms with van der Waals surface area (Å²) in [5, 5.41) is 3.68. The van der Waals surface area contributed by atoms with Gasteiger partial charge in [-0.3, -0.25) is 4.79 Å². The molecule has 3 aromatic rings. The molecule has 0 saturated heterocycles. The molecule has 0 aliphatic heterocycles. The van der Waals surface area contributed by atoms with Gasteiger partial charge in [0.1, 0.15) is 17.2 Å². The van der Waals surface area contributed by atoms with Gasteiger partial charge in [0, 0.05) is 5.39 Å². The molecule has 0 fully saturated rings. The van der Waals surface area contributed by atoms with E-state index in [1.54, 1.807) is 13.2 Å². The zero-order valence-electron chi connectivity index (χ0n) is 13.2. The second-order valence-corrected chi connectivity index (χ2v) is 5.19. The number of aromatic nitrogens is 2. The molecular weight excluding hydrogens is 294 g/mol. The first-order valence-electron chi connectivity index (χ1n) is 7.22. The number of aryl methyl sites for hydroxylation is 2. The largest absolute Gasteiger partial charge is 0.497 e. The van der Waals surface area contributed by atoms with Crippen LogP contribution >= 0.6 is 0 Å². The lowest BCUT2D eigenvalue weighted by atomic mass is 10.2. The fourth-order valence-electron chi connectivity index (χ4n) is 2.22. The molecule has 0 aliphatic rings. The molecule has 0 atom stereocenters. The summed E-state index contributed by atoms with van der Waals surface area (Å²) in [6.45, 7) is 3.94. The summed E-state index contributed by atoms with van der Waals surface area (Å²) in [6.07, 6.45) is 0. The van der Waals surface area contributed by atoms with Crippen LogP contribution < -0.4 is 10.1 Å². The Kier molecular flexibility index (Phi) is 3.97. The normalized spacial score (nSPS) is 10.7. The van der Waals surface area contributed by atoms with Crippen LogP contribution in [0.4, 0.5) is 0 Å². The molecule has 118 valence electrons. The third-order valence-electron chi connectivity index (χ3n) is 3.60. The van der Waals surface area contributed by atoms with Gasteiger partial charge in [-0.05, 0) is 38.1 Å². The number of oxazole rings is 1. The van der Waals surface area contributed by atoms with E-state index in [1.165, 1.54) is 0 Å². The van der Waals surface area contributed by atoms with E-state index in [0.29, 0.717) is 11.6 Å². The van der Waals surface area contributed by atoms with Gasteiger partial charge in [-0.2, -0.15) is 0 Å². The molecule has 6 heteroatoms. The van der Waals surface area contributed by atoms with Crippen molar-refractivity contribution in [2.75, 3.05) is 7.11 Å². The van der Waals surface area contributed by atoms with E-state index in [-0.39, 0.29) is 12.5 Å². The maximum absolute atomic E-state index is 12.2. The zero-order chi connectivity index (χ0) is 16.4. The molecule has 0 aliphatic carbocycles. The minimum atomic E-state index is -0.267. The van der Waals surface area contributed by atoms with Gasteiger partial charge < -0.3 is 14.5 Å². The number of methoxy groups -OCH3 is 1. The molecule has 0 spiro atoms. The van der Waals surface area contributed by atoms with E-state index in [2.05, 4.69) is 15.3 Å². The van der Waals surface area contributed by atoms with Crippen LogP contribution in [0.2, 0.25) is 0 Å². The number of nitrogens with zero attached hydrogens (tertiary/aromatic N) is 2. The molecule has 0 radical (unpaired) electrons. The van der Waals surface area contributed by atoms with Crippen LogP contribution in [-0.2, 0) is 6.54 Å². The Morgan fingerprint density at radius 3 is 2.74 bits per heavy atom. The number of ether oxygens (including phenoxy) is 1. The minimum absolute atomic E-state index is 0.232. The molecule has 2 heterocycles. The summed E-state index contributed by atoms with van der Waals surface area (Å²) in [5.74, 6) is 1.73. The van der Waals surface area contributed by atoms with E-state index >= 15 is 0 Å². The van der Waals surface area contributed by atoms with E-state index in [0.717, 1.165) is 28.1 Å². The van der Waals surface area contributed by atoms with Crippen LogP contribution in [0.15, 0.2) is 34.7 Å². The average Bonchev–Trinajstić information content (AvgIpc) is 2.89. The number of carbonyl (C=O) groups is 1. The molecule has 2 aromatic heterocycles. The molecule has 0 unspecified atom stereocenters. The smallest absolute Gasteiger partial charge is 0.270 e. The molecular formula is C17H17N3O3. The Balaban J connectivity index is 1.75. The lowest BCUT2D eigenvalue weighted by molar-refractivity contribution is 0.0942. The third kappa shape index (κ3) is 3.15. The zero-order valence-corrected chi connectivity index (χ0v) is 13.2. The second kappa shape index (κ2) is 6.08. The van der Waals surface area contributed by atoms with Gasteiger partial charge in [-0.1, -0.05) is 6.07 Å². The number of pyridine rings is 1. The Labute approximate surface area is 133 Å². The van der Waals surface area contributed by atoms with Crippen molar-refractivity contribution >= 4 is 16.8 Å². The highest BCUT2D eigenvalue weighted by Gasteiger charge is 2.11. The highest BCUT2D eigenvalue weighted by molar-refractivity contribution is 5.94. The molecule has 1 N–H and O–H groups in total. The third-order valence-corrected chi connectivity index (χ3v) is 3.60. The standard InChI is InChI=1S/C17H17N3O3/c1-10-11(2)23-16(19-10)9-18-17(21)15-6-4-12-8-13(22-3)5-7-14(12)20-15/h4-8H,9H2,1-3H3,(H,18,21). The predicted octanol–water partition coefficient (Wildman–Crippen LogP) is 2.78. The first kappa shape index (κ1) is 15.0. The first-order valence-corrected chi connectivity index (χ1v) is 7.22. The summed E-state index contributed by atoms with van der Waals surface area (Å²) in [4.78, 5) is 20.8. The molecule has 1 amide bonds. The fraction of sp³-hybridized carbons (Fsp3) is 0.235. The van der Waals surface area contributed by atoms with Crippen LogP contribution in [0, 0.1) is 13.8 Å². The van der Waals surface area contributed by atoms with Crippen molar-refractivity contribution in [1.29, 1.82) is 0 Å². The van der Waals surface area contributed by atoms with Gasteiger partial charge in [0.15, 0.2) is 0 Å². The van der Waals surface area contributed by atoms with E-state index in [9.17, 15) is 4.79 Å². The molecule has 3 rings (SSSR count). The number of rotatable bonds is 4. The van der Waals surface area contributed by atoms with Crippen molar-refractivity contribution < 1.29 is 13.9 Å². The number of nitrogens with one attached hydrogen (secondary N) is 1. The van der Waals surface area contributed by atoms with Gasteiger partial charge in [0.05, 0.1) is 24.9 Å². The van der Waals surface area contributed by atoms with E-state index in [4.69, 9.17) is 9.15 Å². The van der Waals surface area contributed by atoms with Crippen molar-refractivity contribution in [2.45, 2.75) is 20.4 Å². The minimum Gasteiger partial charge on any atom is -0.497 e. The average molecular weight is 311 g/mol. The second-order valence-electron chi connectivity index (χ2n) is 5.19. The number of fused-ring (bicyclic) bond motifs is 1. The quantitative estimate of drug-likeness (QED) is 0.801. The molecule has 0 saturated carbocycles. The first-order chi connectivity index (χ1) is 11.1. The van der Waals surface area contributed by atoms with Crippen LogP contribution in [0.25, 0.3) is 10.9 Å². The Hall–Kier alpha value is -2.89. The Bertz CT molecular complexity index is 851. The Morgan fingerprint density at radius 1 is 1.22 bits per heavy atom. The number of carbonyl (C=O) groups excluding carboxylic acids is 1. The summed E-state index contributed by atoms with van der Waals surface area (Å²) < 4.78 is 10.6. The monoisotopic (exact) mass is 311 g/mol. The highest BCUT2D eigenvalue weighted by Crippen LogP contribution is 2.19. The lowest BCUT2D eigenvalue weighted by Crippen LogP contribution is -2.23. The maximum Gasteiger partial charge on any atom is 0.270 e. The molecule has 1 aromatic carbocycles. The van der Waals surface area contributed by atoms with Crippen molar-refractivity contribution in [2.24, 2.45) is 0 Å². The van der Waals surface area contributed by atoms with Gasteiger partial charge in [-0.15, -0.1) is 0 Å². The van der Waals surface area contributed by atoms with Crippen LogP contribution in [-0.4, -0.2) is 23.0 Å². The van der Waals surface area contributed by atoms with Gasteiger partial charge in [-0.25, -0.2) is 9.97 Å². The van der Waals surface area contributed by atoms with E-state index < -0.39 is 0 Å². The van der Waals surface area contributed by atoms with Gasteiger partial charge >= 0.3 is 0 Å². The number of hydrogen-bond acceptors (Lipinski definition) is 5. The lowest BCUT2D eigenvalue weighted by Gasteiger charge is -2.05. The van der Waals surface area contributed by atoms with Crippen LogP contribution in [0.1, 0.15) is 27.8 Å². The van der Waals surface area contributed by atoms with E-state index in [1.807, 2.05) is 38.1 Å². The van der Waals surface area contributed by atoms with Crippen molar-refractivity contribution in [1.82, 2.24) is 15.3 Å². The summed E-state index contributed by atoms with van der Waals surface area (Å²) in [7, 11) is 1.61. The number of amides is 1. The van der Waals surface area contributed by atoms with Crippen molar-refractivity contribution in [3.05, 3.63) is 53.4 Å². The maximum atomic E-state index is 12.2. The Morgan fingerprint density at radius 2 is 2.04 bits per heavy atom. The summed E-state index contributed by atoms with van der Waals surface area (Å²) in [6, 6.07) is 9.05. The molecule has 6 nitrogen and oxygen atoms in total. The number of hydrogen-bond donors (Lipinski definition) is 1. The van der Waals surface area contributed by atoms with Crippen LogP contribution in [0.5, 0.6) is 5.75 Å². The SMILES string of the molecule is COc1ccc2nc(C(=O)NCc3nc(C)c(C)o3)ccc2c1. The molecule has 23 heavy (non-hydrogen) atoms. The summed E-state index contributed by atoms with van der Waals surface area (Å²) in [5.41, 5.74) is 1.91. The topological polar surface area (TPSA) is 77.2 Å². The number of benzene rings is 1. The van der Waals surface area contributed by atoms with Gasteiger partial charge in [0.25, 0.3) is 5.91 Å².